The second-order valence-electron chi connectivity index (χ2n) is 7.71. The molecule has 166 valence electrons. The molecule has 1 atom stereocenters. The highest BCUT2D eigenvalue weighted by Crippen LogP contribution is 2.37. The predicted octanol–water partition coefficient (Wildman–Crippen LogP) is 3.27. The van der Waals surface area contributed by atoms with Crippen molar-refractivity contribution in [3.63, 3.8) is 0 Å². The molecule has 0 aromatic carbocycles. The Morgan fingerprint density at radius 3 is 2.55 bits per heavy atom. The number of morpholine rings is 1. The number of hydrogen-bond acceptors (Lipinski definition) is 7. The van der Waals surface area contributed by atoms with Crippen molar-refractivity contribution in [1.82, 2.24) is 9.47 Å². The molecule has 0 aliphatic carbocycles. The standard InChI is InChI=1S/C22H28N4O3S2/c1-5-7-25-19(24-8-10-29-11-9-24)16(15(4)17(13-23)20(25)27)12-18-21(28)26(14(3)6-2)22(30)31-18/h12,14H,5-11H2,1-4H3/b18-12-. The fourth-order valence-electron chi connectivity index (χ4n) is 3.86. The number of ether oxygens (including phenoxy) is 1. The molecule has 0 radical (unpaired) electrons. The Morgan fingerprint density at radius 2 is 1.97 bits per heavy atom. The molecule has 2 fully saturated rings. The minimum absolute atomic E-state index is 0.0157. The third-order valence-corrected chi connectivity index (χ3v) is 7.07. The predicted molar refractivity (Wildman–Crippen MR) is 128 cm³/mol. The van der Waals surface area contributed by atoms with Crippen molar-refractivity contribution in [2.45, 2.75) is 53.1 Å². The number of hydrogen-bond donors (Lipinski definition) is 0. The molecule has 7 nitrogen and oxygen atoms in total. The lowest BCUT2D eigenvalue weighted by Crippen LogP contribution is -2.41. The Kier molecular flexibility index (Phi) is 7.57. The summed E-state index contributed by atoms with van der Waals surface area (Å²) in [6.45, 7) is 10.7. The lowest BCUT2D eigenvalue weighted by atomic mass is 10.0. The number of amides is 1. The van der Waals surface area contributed by atoms with Crippen molar-refractivity contribution in [2.75, 3.05) is 31.2 Å². The van der Waals surface area contributed by atoms with Crippen LogP contribution in [0.4, 0.5) is 5.82 Å². The molecule has 1 unspecified atom stereocenters. The fourth-order valence-corrected chi connectivity index (χ4v) is 5.31. The topological polar surface area (TPSA) is 78.6 Å². The number of aromatic nitrogens is 1. The molecular weight excluding hydrogens is 432 g/mol. The first-order valence-electron chi connectivity index (χ1n) is 10.6. The van der Waals surface area contributed by atoms with E-state index in [1.165, 1.54) is 11.8 Å². The third-order valence-electron chi connectivity index (χ3n) is 5.73. The van der Waals surface area contributed by atoms with Crippen LogP contribution in [0.25, 0.3) is 6.08 Å². The average Bonchev–Trinajstić information content (AvgIpc) is 3.05. The van der Waals surface area contributed by atoms with E-state index in [2.05, 4.69) is 11.0 Å². The summed E-state index contributed by atoms with van der Waals surface area (Å²) in [5.74, 6) is 0.629. The number of carbonyl (C=O) groups excluding carboxylic acids is 1. The molecule has 31 heavy (non-hydrogen) atoms. The van der Waals surface area contributed by atoms with Crippen molar-refractivity contribution in [1.29, 1.82) is 5.26 Å². The second-order valence-corrected chi connectivity index (χ2v) is 9.39. The molecule has 0 bridgehead atoms. The van der Waals surface area contributed by atoms with Crippen LogP contribution in [0.5, 0.6) is 0 Å². The largest absolute Gasteiger partial charge is 0.378 e. The maximum atomic E-state index is 13.1. The van der Waals surface area contributed by atoms with Gasteiger partial charge in [-0.2, -0.15) is 5.26 Å². The molecule has 1 aromatic rings. The molecule has 0 N–H and O–H groups in total. The summed E-state index contributed by atoms with van der Waals surface area (Å²) < 4.78 is 7.72. The zero-order valence-corrected chi connectivity index (χ0v) is 20.1. The number of pyridine rings is 1. The summed E-state index contributed by atoms with van der Waals surface area (Å²) in [6, 6.07) is 2.10. The molecule has 0 spiro atoms. The molecule has 1 amide bonds. The van der Waals surface area contributed by atoms with Gasteiger partial charge in [-0.3, -0.25) is 19.1 Å². The van der Waals surface area contributed by atoms with Crippen LogP contribution in [0.15, 0.2) is 9.70 Å². The maximum Gasteiger partial charge on any atom is 0.270 e. The van der Waals surface area contributed by atoms with Gasteiger partial charge in [0, 0.05) is 31.2 Å². The van der Waals surface area contributed by atoms with Crippen LogP contribution in [0.2, 0.25) is 0 Å². The molecule has 1 aromatic heterocycles. The molecular formula is C22H28N4O3S2. The first-order valence-corrected chi connectivity index (χ1v) is 11.8. The quantitative estimate of drug-likeness (QED) is 0.476. The zero-order chi connectivity index (χ0) is 22.7. The van der Waals surface area contributed by atoms with Crippen LogP contribution in [0.1, 0.15) is 50.3 Å². The number of anilines is 1. The van der Waals surface area contributed by atoms with E-state index in [4.69, 9.17) is 17.0 Å². The van der Waals surface area contributed by atoms with Crippen molar-refractivity contribution in [3.05, 3.63) is 31.9 Å². The van der Waals surface area contributed by atoms with Crippen LogP contribution < -0.4 is 10.5 Å². The van der Waals surface area contributed by atoms with Gasteiger partial charge in [-0.1, -0.05) is 37.8 Å². The summed E-state index contributed by atoms with van der Waals surface area (Å²) in [5, 5.41) is 9.70. The van der Waals surface area contributed by atoms with Crippen LogP contribution >= 0.6 is 24.0 Å². The molecule has 3 rings (SSSR count). The first-order chi connectivity index (χ1) is 14.8. The summed E-state index contributed by atoms with van der Waals surface area (Å²) in [7, 11) is 0. The zero-order valence-electron chi connectivity index (χ0n) is 18.4. The van der Waals surface area contributed by atoms with E-state index in [-0.39, 0.29) is 23.1 Å². The van der Waals surface area contributed by atoms with Gasteiger partial charge in [0.25, 0.3) is 11.5 Å². The van der Waals surface area contributed by atoms with Crippen LogP contribution in [-0.2, 0) is 16.1 Å². The monoisotopic (exact) mass is 460 g/mol. The van der Waals surface area contributed by atoms with E-state index < -0.39 is 0 Å². The molecule has 2 aliphatic rings. The number of nitrogens with zero attached hydrogens (tertiary/aromatic N) is 4. The Bertz CT molecular complexity index is 1020. The Hall–Kier alpha value is -2.15. The van der Waals surface area contributed by atoms with E-state index in [1.807, 2.05) is 26.8 Å². The summed E-state index contributed by atoms with van der Waals surface area (Å²) in [4.78, 5) is 30.6. The van der Waals surface area contributed by atoms with Crippen LogP contribution in [0.3, 0.4) is 0 Å². The lowest BCUT2D eigenvalue weighted by Gasteiger charge is -2.33. The van der Waals surface area contributed by atoms with Crippen LogP contribution in [-0.4, -0.2) is 52.0 Å². The highest BCUT2D eigenvalue weighted by atomic mass is 32.2. The normalized spacial score (nSPS) is 19.3. The third kappa shape index (κ3) is 4.43. The Labute approximate surface area is 192 Å². The number of rotatable bonds is 6. The van der Waals surface area contributed by atoms with Crippen molar-refractivity contribution in [3.8, 4) is 6.07 Å². The molecule has 9 heteroatoms. The van der Waals surface area contributed by atoms with Gasteiger partial charge in [-0.25, -0.2) is 0 Å². The van der Waals surface area contributed by atoms with Gasteiger partial charge in [-0.05, 0) is 38.3 Å². The van der Waals surface area contributed by atoms with Gasteiger partial charge in [0.2, 0.25) is 0 Å². The number of thioether (sulfide) groups is 1. The van der Waals surface area contributed by atoms with E-state index >= 15 is 0 Å². The van der Waals surface area contributed by atoms with Gasteiger partial charge >= 0.3 is 0 Å². The van der Waals surface area contributed by atoms with E-state index in [0.29, 0.717) is 47.6 Å². The van der Waals surface area contributed by atoms with E-state index in [0.717, 1.165) is 24.2 Å². The number of thiocarbonyl (C=S) groups is 1. The van der Waals surface area contributed by atoms with E-state index in [9.17, 15) is 14.9 Å². The van der Waals surface area contributed by atoms with Gasteiger partial charge < -0.3 is 9.64 Å². The maximum absolute atomic E-state index is 13.1. The van der Waals surface area contributed by atoms with Gasteiger partial charge in [0.1, 0.15) is 21.8 Å². The molecule has 2 aliphatic heterocycles. The highest BCUT2D eigenvalue weighted by Gasteiger charge is 2.35. The fraction of sp³-hybridized carbons (Fsp3) is 0.545. The average molecular weight is 461 g/mol. The highest BCUT2D eigenvalue weighted by molar-refractivity contribution is 8.26. The first kappa shape index (κ1) is 23.5. The smallest absolute Gasteiger partial charge is 0.270 e. The molecule has 2 saturated heterocycles. The van der Waals surface area contributed by atoms with Crippen molar-refractivity contribution < 1.29 is 9.53 Å². The second kappa shape index (κ2) is 9.98. The summed E-state index contributed by atoms with van der Waals surface area (Å²) in [5.41, 5.74) is 1.16. The van der Waals surface area contributed by atoms with Crippen LogP contribution in [0, 0.1) is 18.3 Å². The van der Waals surface area contributed by atoms with Gasteiger partial charge in [0.15, 0.2) is 0 Å². The molecule has 3 heterocycles. The minimum atomic E-state index is -0.285. The van der Waals surface area contributed by atoms with Gasteiger partial charge in [0.05, 0.1) is 18.1 Å². The SMILES string of the molecule is CCCn1c(N2CCOCC2)c(/C=C2\SC(=S)N(C(C)CC)C2=O)c(C)c(C#N)c1=O. The number of carbonyl (C=O) groups is 1. The van der Waals surface area contributed by atoms with Gasteiger partial charge in [-0.15, -0.1) is 0 Å². The summed E-state index contributed by atoms with van der Waals surface area (Å²) >= 11 is 6.75. The van der Waals surface area contributed by atoms with Crippen molar-refractivity contribution in [2.24, 2.45) is 0 Å². The number of nitriles is 1. The Morgan fingerprint density at radius 1 is 1.29 bits per heavy atom. The Balaban J connectivity index is 2.23. The van der Waals surface area contributed by atoms with E-state index in [1.54, 1.807) is 16.4 Å². The van der Waals surface area contributed by atoms with Crippen molar-refractivity contribution >= 4 is 46.1 Å². The molecule has 0 saturated carbocycles. The lowest BCUT2D eigenvalue weighted by molar-refractivity contribution is -0.123. The summed E-state index contributed by atoms with van der Waals surface area (Å²) in [6.07, 6.45) is 3.37. The minimum Gasteiger partial charge on any atom is -0.378 e.